The van der Waals surface area contributed by atoms with Crippen LogP contribution in [0.3, 0.4) is 0 Å². The summed E-state index contributed by atoms with van der Waals surface area (Å²) in [5.41, 5.74) is 0. The molecular weight excluding hydrogens is 647 g/mol. The van der Waals surface area contributed by atoms with Gasteiger partial charge >= 0.3 is 0 Å². The molecular formula is C41H77N2O6P. The van der Waals surface area contributed by atoms with Crippen molar-refractivity contribution in [3.63, 3.8) is 0 Å². The number of aliphatic hydroxyl groups excluding tert-OH is 1. The number of carbonyl (C=O) groups is 1. The Balaban J connectivity index is 4.51. The van der Waals surface area contributed by atoms with Crippen LogP contribution >= 0.6 is 7.82 Å². The normalized spacial score (nSPS) is 15.1. The molecule has 0 aromatic carbocycles. The van der Waals surface area contributed by atoms with Gasteiger partial charge in [-0.15, -0.1) is 0 Å². The molecule has 0 aliphatic carbocycles. The lowest BCUT2D eigenvalue weighted by atomic mass is 10.1. The van der Waals surface area contributed by atoms with E-state index in [4.69, 9.17) is 9.05 Å². The van der Waals surface area contributed by atoms with Gasteiger partial charge in [-0.2, -0.15) is 0 Å². The Morgan fingerprint density at radius 1 is 0.680 bits per heavy atom. The van der Waals surface area contributed by atoms with Crippen LogP contribution in [0.15, 0.2) is 48.6 Å². The Morgan fingerprint density at radius 2 is 1.16 bits per heavy atom. The Bertz CT molecular complexity index is 959. The van der Waals surface area contributed by atoms with Gasteiger partial charge in [0, 0.05) is 6.42 Å². The quantitative estimate of drug-likeness (QED) is 0.0292. The summed E-state index contributed by atoms with van der Waals surface area (Å²) < 4.78 is 23.1. The Kier molecular flexibility index (Phi) is 32.3. The highest BCUT2D eigenvalue weighted by Gasteiger charge is 2.23. The van der Waals surface area contributed by atoms with Crippen molar-refractivity contribution in [2.24, 2.45) is 0 Å². The first-order valence-corrected chi connectivity index (χ1v) is 21.5. The highest BCUT2D eigenvalue weighted by Crippen LogP contribution is 2.38. The predicted molar refractivity (Wildman–Crippen MR) is 210 cm³/mol. The number of carbonyl (C=O) groups excluding carboxylic acids is 1. The summed E-state index contributed by atoms with van der Waals surface area (Å²) in [5, 5.41) is 13.7. The molecule has 9 heteroatoms. The number of aliphatic hydroxyl groups is 1. The number of allylic oxidation sites excluding steroid dienone is 7. The van der Waals surface area contributed by atoms with E-state index < -0.39 is 26.6 Å². The van der Waals surface area contributed by atoms with Gasteiger partial charge in [0.05, 0.1) is 39.9 Å². The maximum Gasteiger partial charge on any atom is 0.268 e. The van der Waals surface area contributed by atoms with Crippen LogP contribution in [0.1, 0.15) is 155 Å². The van der Waals surface area contributed by atoms with Crippen molar-refractivity contribution in [2.45, 2.75) is 167 Å². The molecule has 1 amide bonds. The maximum atomic E-state index is 12.8. The predicted octanol–water partition coefficient (Wildman–Crippen LogP) is 9.89. The second-order valence-corrected chi connectivity index (χ2v) is 16.0. The van der Waals surface area contributed by atoms with Gasteiger partial charge in [0.25, 0.3) is 7.82 Å². The number of amides is 1. The lowest BCUT2D eigenvalue weighted by molar-refractivity contribution is -0.870. The fourth-order valence-corrected chi connectivity index (χ4v) is 5.97. The van der Waals surface area contributed by atoms with Gasteiger partial charge in [-0.1, -0.05) is 133 Å². The number of quaternary nitrogens is 1. The Labute approximate surface area is 308 Å². The minimum Gasteiger partial charge on any atom is -0.756 e. The molecule has 0 bridgehead atoms. The van der Waals surface area contributed by atoms with E-state index in [1.54, 1.807) is 6.08 Å². The number of hydrogen-bond donors (Lipinski definition) is 2. The molecule has 50 heavy (non-hydrogen) atoms. The molecule has 0 fully saturated rings. The van der Waals surface area contributed by atoms with Crippen LogP contribution in [0.2, 0.25) is 0 Å². The Morgan fingerprint density at radius 3 is 1.70 bits per heavy atom. The molecule has 0 spiro atoms. The second kappa shape index (κ2) is 33.3. The number of phosphoric ester groups is 1. The average molecular weight is 725 g/mol. The standard InChI is InChI=1S/C41H77N2O6P/c1-6-8-10-12-14-16-18-19-20-21-22-23-25-27-29-31-33-35-41(45)42-39(38-49-50(46,47)48-37-36-43(3,4)5)40(44)34-32-30-28-26-24-17-15-13-11-9-7-2/h11,13,19-20,24,26,32,34,39-40,44H,6-10,12,14-18,21-23,25,27-31,33,35-38H2,1-5H3,(H-,42,45,46,47)/b13-11+,20-19-,26-24+,34-32+. The third-order valence-electron chi connectivity index (χ3n) is 8.47. The van der Waals surface area contributed by atoms with Crippen molar-refractivity contribution in [3.05, 3.63) is 48.6 Å². The van der Waals surface area contributed by atoms with Crippen LogP contribution in [0.25, 0.3) is 0 Å². The second-order valence-electron chi connectivity index (χ2n) is 14.6. The topological polar surface area (TPSA) is 108 Å². The minimum atomic E-state index is -4.59. The summed E-state index contributed by atoms with van der Waals surface area (Å²) in [4.78, 5) is 25.2. The van der Waals surface area contributed by atoms with Crippen molar-refractivity contribution < 1.29 is 32.9 Å². The summed E-state index contributed by atoms with van der Waals surface area (Å²) in [6, 6.07) is -0.909. The summed E-state index contributed by atoms with van der Waals surface area (Å²) in [6.45, 7) is 4.51. The zero-order chi connectivity index (χ0) is 37.2. The smallest absolute Gasteiger partial charge is 0.268 e. The van der Waals surface area contributed by atoms with Crippen LogP contribution in [-0.2, 0) is 18.4 Å². The van der Waals surface area contributed by atoms with E-state index in [2.05, 4.69) is 55.6 Å². The van der Waals surface area contributed by atoms with Crippen LogP contribution in [0.4, 0.5) is 0 Å². The van der Waals surface area contributed by atoms with Crippen LogP contribution in [-0.4, -0.2) is 68.5 Å². The first kappa shape index (κ1) is 48.5. The summed E-state index contributed by atoms with van der Waals surface area (Å²) in [6.07, 6.45) is 40.2. The summed E-state index contributed by atoms with van der Waals surface area (Å²) >= 11 is 0. The number of likely N-dealkylation sites (N-methyl/N-ethyl adjacent to an activating group) is 1. The van der Waals surface area contributed by atoms with Gasteiger partial charge in [0.1, 0.15) is 13.2 Å². The number of hydrogen-bond acceptors (Lipinski definition) is 6. The van der Waals surface area contributed by atoms with E-state index in [0.29, 0.717) is 17.4 Å². The molecule has 0 rings (SSSR count). The van der Waals surface area contributed by atoms with E-state index in [1.807, 2.05) is 27.2 Å². The first-order valence-electron chi connectivity index (χ1n) is 20.0. The fourth-order valence-electron chi connectivity index (χ4n) is 5.24. The molecule has 0 aliphatic heterocycles. The number of nitrogens with one attached hydrogen (secondary N) is 1. The molecule has 292 valence electrons. The summed E-state index contributed by atoms with van der Waals surface area (Å²) in [5.74, 6) is -0.221. The van der Waals surface area contributed by atoms with E-state index in [1.165, 1.54) is 83.5 Å². The molecule has 0 saturated carbocycles. The highest BCUT2D eigenvalue weighted by molar-refractivity contribution is 7.45. The molecule has 0 saturated heterocycles. The monoisotopic (exact) mass is 725 g/mol. The lowest BCUT2D eigenvalue weighted by Crippen LogP contribution is -2.45. The van der Waals surface area contributed by atoms with E-state index in [-0.39, 0.29) is 12.5 Å². The minimum absolute atomic E-state index is 0.0112. The molecule has 0 aromatic rings. The highest BCUT2D eigenvalue weighted by atomic mass is 31.2. The van der Waals surface area contributed by atoms with Crippen molar-refractivity contribution in [1.29, 1.82) is 0 Å². The molecule has 3 atom stereocenters. The molecule has 2 N–H and O–H groups in total. The lowest BCUT2D eigenvalue weighted by Gasteiger charge is -2.29. The average Bonchev–Trinajstić information content (AvgIpc) is 3.06. The van der Waals surface area contributed by atoms with Crippen LogP contribution < -0.4 is 10.2 Å². The molecule has 0 radical (unpaired) electrons. The SMILES string of the molecule is CCC/C=C/CC/C=C/CC/C=C/C(O)C(COP(=O)([O-])OCC[N+](C)(C)C)NC(=O)CCCCCCCCC/C=C\CCCCCCCC. The third kappa shape index (κ3) is 34.9. The van der Waals surface area contributed by atoms with Crippen molar-refractivity contribution in [1.82, 2.24) is 5.32 Å². The van der Waals surface area contributed by atoms with Gasteiger partial charge < -0.3 is 28.8 Å². The van der Waals surface area contributed by atoms with Crippen molar-refractivity contribution >= 4 is 13.7 Å². The zero-order valence-corrected chi connectivity index (χ0v) is 33.7. The number of nitrogens with zero attached hydrogens (tertiary/aromatic N) is 1. The van der Waals surface area contributed by atoms with E-state index in [9.17, 15) is 19.4 Å². The maximum absolute atomic E-state index is 12.8. The summed E-state index contributed by atoms with van der Waals surface area (Å²) in [7, 11) is 1.22. The van der Waals surface area contributed by atoms with Crippen molar-refractivity contribution in [3.8, 4) is 0 Å². The van der Waals surface area contributed by atoms with E-state index >= 15 is 0 Å². The van der Waals surface area contributed by atoms with Gasteiger partial charge in [-0.25, -0.2) is 0 Å². The zero-order valence-electron chi connectivity index (χ0n) is 32.8. The van der Waals surface area contributed by atoms with Crippen LogP contribution in [0.5, 0.6) is 0 Å². The van der Waals surface area contributed by atoms with Gasteiger partial charge in [-0.3, -0.25) is 9.36 Å². The van der Waals surface area contributed by atoms with E-state index in [0.717, 1.165) is 51.4 Å². The molecule has 0 heterocycles. The van der Waals surface area contributed by atoms with Gasteiger partial charge in [0.15, 0.2) is 0 Å². The fraction of sp³-hybridized carbons (Fsp3) is 0.780. The third-order valence-corrected chi connectivity index (χ3v) is 9.43. The number of phosphoric acid groups is 1. The van der Waals surface area contributed by atoms with Crippen molar-refractivity contribution in [2.75, 3.05) is 40.9 Å². The van der Waals surface area contributed by atoms with Gasteiger partial charge in [-0.05, 0) is 64.2 Å². The largest absolute Gasteiger partial charge is 0.756 e. The molecule has 0 aliphatic rings. The molecule has 0 aromatic heterocycles. The molecule has 8 nitrogen and oxygen atoms in total. The molecule has 3 unspecified atom stereocenters. The van der Waals surface area contributed by atoms with Crippen LogP contribution in [0, 0.1) is 0 Å². The number of unbranched alkanes of at least 4 members (excludes halogenated alkanes) is 16. The Hall–Kier alpha value is -1.54. The van der Waals surface area contributed by atoms with Gasteiger partial charge in [0.2, 0.25) is 5.91 Å². The number of rotatable bonds is 35. The first-order chi connectivity index (χ1) is 24.0.